The first-order valence-corrected chi connectivity index (χ1v) is 8.00. The van der Waals surface area contributed by atoms with Crippen LogP contribution in [0.2, 0.25) is 5.02 Å². The van der Waals surface area contributed by atoms with E-state index in [2.05, 4.69) is 4.99 Å². The summed E-state index contributed by atoms with van der Waals surface area (Å²) in [6.45, 7) is 0. The lowest BCUT2D eigenvalue weighted by molar-refractivity contribution is -0.129. The molecule has 4 rings (SSSR count). The highest BCUT2D eigenvalue weighted by molar-refractivity contribution is 6.30. The molecule has 0 radical (unpaired) electrons. The van der Waals surface area contributed by atoms with Gasteiger partial charge in [-0.15, -0.1) is 0 Å². The molecule has 0 amide bonds. The molecule has 0 saturated heterocycles. The van der Waals surface area contributed by atoms with E-state index in [0.717, 1.165) is 11.1 Å². The average molecular weight is 350 g/mol. The topological polar surface area (TPSA) is 51.8 Å². The zero-order valence-corrected chi connectivity index (χ0v) is 13.7. The first kappa shape index (κ1) is 15.4. The maximum Gasteiger partial charge on any atom is 0.363 e. The van der Waals surface area contributed by atoms with Gasteiger partial charge in [-0.1, -0.05) is 29.8 Å². The first-order chi connectivity index (χ1) is 12.2. The van der Waals surface area contributed by atoms with Crippen LogP contribution in [0, 0.1) is 0 Å². The summed E-state index contributed by atoms with van der Waals surface area (Å²) in [6.07, 6.45) is 1.57. The Kier molecular flexibility index (Phi) is 3.96. The van der Waals surface area contributed by atoms with E-state index in [1.165, 1.54) is 0 Å². The molecule has 0 atom stereocenters. The molecule has 2 heterocycles. The van der Waals surface area contributed by atoms with Crippen molar-refractivity contribution >= 4 is 29.5 Å². The van der Waals surface area contributed by atoms with Crippen LogP contribution in [0.5, 0.6) is 0 Å². The Labute approximate surface area is 149 Å². The number of cyclic esters (lactones) is 1. The van der Waals surface area contributed by atoms with E-state index in [1.807, 2.05) is 48.5 Å². The molecule has 0 bridgehead atoms. The molecule has 0 unspecified atom stereocenters. The zero-order chi connectivity index (χ0) is 17.2. The third-order valence-electron chi connectivity index (χ3n) is 3.68. The van der Waals surface area contributed by atoms with Crippen LogP contribution in [0.25, 0.3) is 17.4 Å². The van der Waals surface area contributed by atoms with Gasteiger partial charge in [0, 0.05) is 22.2 Å². The van der Waals surface area contributed by atoms with Gasteiger partial charge in [0.1, 0.15) is 11.5 Å². The van der Waals surface area contributed by atoms with Gasteiger partial charge in [-0.25, -0.2) is 9.79 Å². The number of halogens is 1. The molecule has 0 N–H and O–H groups in total. The van der Waals surface area contributed by atoms with Crippen LogP contribution >= 0.6 is 11.6 Å². The summed E-state index contributed by atoms with van der Waals surface area (Å²) in [4.78, 5) is 16.3. The molecule has 25 heavy (non-hydrogen) atoms. The fourth-order valence-electron chi connectivity index (χ4n) is 2.45. The highest BCUT2D eigenvalue weighted by atomic mass is 35.5. The van der Waals surface area contributed by atoms with Gasteiger partial charge in [-0.2, -0.15) is 0 Å². The monoisotopic (exact) mass is 349 g/mol. The second kappa shape index (κ2) is 6.42. The quantitative estimate of drug-likeness (QED) is 0.497. The Balaban J connectivity index is 1.62. The van der Waals surface area contributed by atoms with E-state index in [4.69, 9.17) is 20.8 Å². The summed E-state index contributed by atoms with van der Waals surface area (Å²) >= 11 is 5.89. The highest BCUT2D eigenvalue weighted by Gasteiger charge is 2.24. The van der Waals surface area contributed by atoms with E-state index in [9.17, 15) is 4.79 Å². The SMILES string of the molecule is O=C1OC(c2ccccc2)=N/C1=C/c1ccc(-c2ccc(Cl)cc2)o1. The molecular weight excluding hydrogens is 338 g/mol. The number of carbonyl (C=O) groups excluding carboxylic acids is 1. The normalized spacial score (nSPS) is 15.3. The number of nitrogens with zero attached hydrogens (tertiary/aromatic N) is 1. The number of aliphatic imine (C=N–C) groups is 1. The highest BCUT2D eigenvalue weighted by Crippen LogP contribution is 2.26. The number of hydrogen-bond acceptors (Lipinski definition) is 4. The molecule has 1 aromatic heterocycles. The number of esters is 1. The molecule has 122 valence electrons. The van der Waals surface area contributed by atoms with Gasteiger partial charge in [0.25, 0.3) is 0 Å². The fourth-order valence-corrected chi connectivity index (χ4v) is 2.57. The minimum Gasteiger partial charge on any atom is -0.457 e. The number of hydrogen-bond donors (Lipinski definition) is 0. The van der Waals surface area contributed by atoms with Crippen LogP contribution in [0.3, 0.4) is 0 Å². The van der Waals surface area contributed by atoms with Gasteiger partial charge in [0.15, 0.2) is 5.70 Å². The van der Waals surface area contributed by atoms with E-state index in [1.54, 1.807) is 24.3 Å². The van der Waals surface area contributed by atoms with Crippen molar-refractivity contribution < 1.29 is 13.9 Å². The van der Waals surface area contributed by atoms with E-state index >= 15 is 0 Å². The van der Waals surface area contributed by atoms with Gasteiger partial charge in [0.2, 0.25) is 5.90 Å². The Morgan fingerprint density at radius 2 is 1.64 bits per heavy atom. The zero-order valence-electron chi connectivity index (χ0n) is 13.0. The van der Waals surface area contributed by atoms with Crippen molar-refractivity contribution in [1.29, 1.82) is 0 Å². The van der Waals surface area contributed by atoms with Gasteiger partial charge in [0.05, 0.1) is 0 Å². The Hall–Kier alpha value is -3.11. The number of benzene rings is 2. The minimum absolute atomic E-state index is 0.204. The predicted octanol–water partition coefficient (Wildman–Crippen LogP) is 4.94. The lowest BCUT2D eigenvalue weighted by Gasteiger charge is -1.97. The summed E-state index contributed by atoms with van der Waals surface area (Å²) in [6, 6.07) is 20.2. The van der Waals surface area contributed by atoms with Crippen LogP contribution < -0.4 is 0 Å². The summed E-state index contributed by atoms with van der Waals surface area (Å²) in [7, 11) is 0. The second-order valence-electron chi connectivity index (χ2n) is 5.41. The maximum atomic E-state index is 12.0. The van der Waals surface area contributed by atoms with Crippen molar-refractivity contribution in [1.82, 2.24) is 0 Å². The van der Waals surface area contributed by atoms with E-state index in [-0.39, 0.29) is 5.70 Å². The van der Waals surface area contributed by atoms with Crippen molar-refractivity contribution in [2.75, 3.05) is 0 Å². The van der Waals surface area contributed by atoms with Gasteiger partial charge in [-0.05, 0) is 48.5 Å². The summed E-state index contributed by atoms with van der Waals surface area (Å²) < 4.78 is 11.0. The second-order valence-corrected chi connectivity index (χ2v) is 5.85. The lowest BCUT2D eigenvalue weighted by Crippen LogP contribution is -2.04. The van der Waals surface area contributed by atoms with Crippen molar-refractivity contribution in [3.63, 3.8) is 0 Å². The van der Waals surface area contributed by atoms with Gasteiger partial charge in [-0.3, -0.25) is 0 Å². The predicted molar refractivity (Wildman–Crippen MR) is 96.2 cm³/mol. The van der Waals surface area contributed by atoms with Gasteiger partial charge >= 0.3 is 5.97 Å². The molecule has 1 aliphatic heterocycles. The Morgan fingerprint density at radius 3 is 2.40 bits per heavy atom. The summed E-state index contributed by atoms with van der Waals surface area (Å²) in [5.74, 6) is 1.00. The molecular formula is C20H12ClNO3. The van der Waals surface area contributed by atoms with Gasteiger partial charge < -0.3 is 9.15 Å². The molecule has 0 saturated carbocycles. The third-order valence-corrected chi connectivity index (χ3v) is 3.93. The van der Waals surface area contributed by atoms with Crippen molar-refractivity contribution in [2.24, 2.45) is 4.99 Å². The molecule has 0 aliphatic carbocycles. The molecule has 4 nitrogen and oxygen atoms in total. The molecule has 3 aromatic rings. The van der Waals surface area contributed by atoms with Crippen LogP contribution in [0.1, 0.15) is 11.3 Å². The van der Waals surface area contributed by atoms with Crippen LogP contribution in [0.4, 0.5) is 0 Å². The van der Waals surface area contributed by atoms with Crippen molar-refractivity contribution in [2.45, 2.75) is 0 Å². The van der Waals surface area contributed by atoms with E-state index in [0.29, 0.717) is 22.4 Å². The fraction of sp³-hybridized carbons (Fsp3) is 0. The minimum atomic E-state index is -0.497. The van der Waals surface area contributed by atoms with Crippen molar-refractivity contribution in [3.8, 4) is 11.3 Å². The smallest absolute Gasteiger partial charge is 0.363 e. The molecule has 5 heteroatoms. The molecule has 0 spiro atoms. The molecule has 0 fully saturated rings. The van der Waals surface area contributed by atoms with E-state index < -0.39 is 5.97 Å². The lowest BCUT2D eigenvalue weighted by atomic mass is 10.2. The average Bonchev–Trinajstić information content (AvgIpc) is 3.24. The number of rotatable bonds is 3. The molecule has 2 aromatic carbocycles. The summed E-state index contributed by atoms with van der Waals surface area (Å²) in [5.41, 5.74) is 1.85. The molecule has 1 aliphatic rings. The standard InChI is InChI=1S/C20H12ClNO3/c21-15-8-6-13(7-9-15)18-11-10-16(24-18)12-17-20(23)25-19(22-17)14-4-2-1-3-5-14/h1-12H/b17-12+. The number of furan rings is 1. The Bertz CT molecular complexity index is 985. The van der Waals surface area contributed by atoms with Crippen molar-refractivity contribution in [3.05, 3.63) is 88.8 Å². The van der Waals surface area contributed by atoms with Crippen LogP contribution in [0.15, 0.2) is 81.8 Å². The number of ether oxygens (including phenoxy) is 1. The third kappa shape index (κ3) is 3.25. The summed E-state index contributed by atoms with van der Waals surface area (Å²) in [5, 5.41) is 0.661. The largest absolute Gasteiger partial charge is 0.457 e. The van der Waals surface area contributed by atoms with Crippen LogP contribution in [-0.4, -0.2) is 11.9 Å². The van der Waals surface area contributed by atoms with Crippen LogP contribution in [-0.2, 0) is 9.53 Å². The first-order valence-electron chi connectivity index (χ1n) is 7.63. The maximum absolute atomic E-state index is 12.0. The number of carbonyl (C=O) groups is 1. The Morgan fingerprint density at radius 1 is 0.880 bits per heavy atom.